The summed E-state index contributed by atoms with van der Waals surface area (Å²) in [5, 5.41) is 0. The molecule has 0 radical (unpaired) electrons. The molecular weight excluding hydrogens is 400 g/mol. The standard InChI is InChI=1S/C28H36O4/c1-9-11-23-25(31-27(3,4)5)18-20(19-26(23)32-28(6,7)8)12-17-24(29)21-13-15-22(16-14-21)30-10-2/h9,12-19H,1,10-11H2,2-8H3/b17-12-. The first-order valence-electron chi connectivity index (χ1n) is 11.0. The summed E-state index contributed by atoms with van der Waals surface area (Å²) >= 11 is 0. The van der Waals surface area contributed by atoms with Crippen molar-refractivity contribution in [2.45, 2.75) is 66.1 Å². The van der Waals surface area contributed by atoms with Crippen molar-refractivity contribution in [1.82, 2.24) is 0 Å². The second-order valence-electron chi connectivity index (χ2n) is 9.57. The van der Waals surface area contributed by atoms with Gasteiger partial charge >= 0.3 is 0 Å². The predicted octanol–water partition coefficient (Wildman–Crippen LogP) is 7.06. The molecule has 0 bridgehead atoms. The van der Waals surface area contributed by atoms with Crippen LogP contribution in [0.5, 0.6) is 17.2 Å². The molecule has 0 fully saturated rings. The molecule has 0 saturated carbocycles. The molecule has 0 amide bonds. The van der Waals surface area contributed by atoms with Crippen LogP contribution in [0, 0.1) is 0 Å². The molecule has 0 atom stereocenters. The number of hydrogen-bond donors (Lipinski definition) is 0. The highest BCUT2D eigenvalue weighted by molar-refractivity contribution is 6.06. The van der Waals surface area contributed by atoms with E-state index in [2.05, 4.69) is 6.58 Å². The average Bonchev–Trinajstić information content (AvgIpc) is 2.67. The summed E-state index contributed by atoms with van der Waals surface area (Å²) in [5.74, 6) is 2.12. The van der Waals surface area contributed by atoms with E-state index in [0.29, 0.717) is 18.6 Å². The van der Waals surface area contributed by atoms with Crippen molar-refractivity contribution < 1.29 is 19.0 Å². The molecule has 2 aromatic carbocycles. The van der Waals surface area contributed by atoms with Gasteiger partial charge in [0.25, 0.3) is 0 Å². The summed E-state index contributed by atoms with van der Waals surface area (Å²) < 4.78 is 17.9. The van der Waals surface area contributed by atoms with E-state index in [0.717, 1.165) is 28.4 Å². The lowest BCUT2D eigenvalue weighted by Crippen LogP contribution is -2.26. The third kappa shape index (κ3) is 7.92. The maximum absolute atomic E-state index is 12.7. The number of rotatable bonds is 9. The fraction of sp³-hybridized carbons (Fsp3) is 0.393. The third-order valence-electron chi connectivity index (χ3n) is 4.25. The van der Waals surface area contributed by atoms with Crippen LogP contribution in [-0.2, 0) is 6.42 Å². The van der Waals surface area contributed by atoms with E-state index in [-0.39, 0.29) is 17.0 Å². The van der Waals surface area contributed by atoms with Gasteiger partial charge in [0.05, 0.1) is 6.61 Å². The van der Waals surface area contributed by atoms with Crippen LogP contribution < -0.4 is 14.2 Å². The smallest absolute Gasteiger partial charge is 0.185 e. The maximum Gasteiger partial charge on any atom is 0.185 e. The van der Waals surface area contributed by atoms with Gasteiger partial charge in [-0.05, 0) is 103 Å². The normalized spacial score (nSPS) is 12.0. The molecule has 0 aromatic heterocycles. The Morgan fingerprint density at radius 1 is 0.938 bits per heavy atom. The fourth-order valence-electron chi connectivity index (χ4n) is 3.07. The van der Waals surface area contributed by atoms with Crippen molar-refractivity contribution in [2.24, 2.45) is 0 Å². The zero-order valence-corrected chi connectivity index (χ0v) is 20.5. The zero-order valence-electron chi connectivity index (χ0n) is 20.5. The van der Waals surface area contributed by atoms with Crippen molar-refractivity contribution in [3.63, 3.8) is 0 Å². The van der Waals surface area contributed by atoms with Crippen molar-refractivity contribution in [3.05, 3.63) is 71.8 Å². The van der Waals surface area contributed by atoms with E-state index in [1.165, 1.54) is 0 Å². The molecular formula is C28H36O4. The first-order chi connectivity index (χ1) is 14.9. The Morgan fingerprint density at radius 3 is 1.91 bits per heavy atom. The minimum Gasteiger partial charge on any atom is -0.494 e. The van der Waals surface area contributed by atoms with Gasteiger partial charge in [-0.3, -0.25) is 4.79 Å². The van der Waals surface area contributed by atoms with Crippen LogP contribution in [0.4, 0.5) is 0 Å². The van der Waals surface area contributed by atoms with Gasteiger partial charge in [0.15, 0.2) is 5.78 Å². The summed E-state index contributed by atoms with van der Waals surface area (Å²) in [5.41, 5.74) is 1.62. The van der Waals surface area contributed by atoms with Gasteiger partial charge < -0.3 is 14.2 Å². The lowest BCUT2D eigenvalue weighted by atomic mass is 10.0. The topological polar surface area (TPSA) is 44.8 Å². The Kier molecular flexibility index (Phi) is 8.31. The van der Waals surface area contributed by atoms with Gasteiger partial charge in [-0.15, -0.1) is 6.58 Å². The van der Waals surface area contributed by atoms with Gasteiger partial charge in [-0.1, -0.05) is 12.2 Å². The van der Waals surface area contributed by atoms with Crippen LogP contribution in [0.1, 0.15) is 70.0 Å². The highest BCUT2D eigenvalue weighted by atomic mass is 16.5. The molecule has 2 rings (SSSR count). The van der Waals surface area contributed by atoms with E-state index >= 15 is 0 Å². The summed E-state index contributed by atoms with van der Waals surface area (Å²) in [7, 11) is 0. The Labute approximate surface area is 192 Å². The van der Waals surface area contributed by atoms with Crippen LogP contribution in [0.15, 0.2) is 55.1 Å². The van der Waals surface area contributed by atoms with E-state index in [1.54, 1.807) is 36.4 Å². The predicted molar refractivity (Wildman–Crippen MR) is 132 cm³/mol. The van der Waals surface area contributed by atoms with Gasteiger partial charge in [0.1, 0.15) is 28.5 Å². The molecule has 4 nitrogen and oxygen atoms in total. The highest BCUT2D eigenvalue weighted by Gasteiger charge is 2.21. The van der Waals surface area contributed by atoms with Crippen molar-refractivity contribution in [2.75, 3.05) is 6.61 Å². The SMILES string of the molecule is C=CCc1c(OC(C)(C)C)cc(/C=C\C(=O)c2ccc(OCC)cc2)cc1OC(C)(C)C. The molecule has 0 N–H and O–H groups in total. The molecule has 4 heteroatoms. The number of carbonyl (C=O) groups is 1. The Morgan fingerprint density at radius 2 is 1.47 bits per heavy atom. The first kappa shape index (κ1) is 25.3. The second-order valence-corrected chi connectivity index (χ2v) is 9.57. The Balaban J connectivity index is 2.42. The fourth-order valence-corrected chi connectivity index (χ4v) is 3.07. The molecule has 0 heterocycles. The highest BCUT2D eigenvalue weighted by Crippen LogP contribution is 2.36. The van der Waals surface area contributed by atoms with Crippen LogP contribution >= 0.6 is 0 Å². The number of benzene rings is 2. The lowest BCUT2D eigenvalue weighted by Gasteiger charge is -2.28. The summed E-state index contributed by atoms with van der Waals surface area (Å²) in [6, 6.07) is 11.0. The quantitative estimate of drug-likeness (QED) is 0.240. The average molecular weight is 437 g/mol. The lowest BCUT2D eigenvalue weighted by molar-refractivity contribution is 0.104. The van der Waals surface area contributed by atoms with Crippen LogP contribution in [0.3, 0.4) is 0 Å². The molecule has 0 aliphatic rings. The monoisotopic (exact) mass is 436 g/mol. The zero-order chi connectivity index (χ0) is 23.9. The Hall–Kier alpha value is -3.01. The molecule has 0 saturated heterocycles. The van der Waals surface area contributed by atoms with Gasteiger partial charge in [0.2, 0.25) is 0 Å². The number of allylic oxidation sites excluding steroid dienone is 2. The number of ketones is 1. The largest absolute Gasteiger partial charge is 0.494 e. The minimum atomic E-state index is -0.380. The van der Waals surface area contributed by atoms with E-state index in [1.807, 2.05) is 66.7 Å². The van der Waals surface area contributed by atoms with Gasteiger partial charge in [0, 0.05) is 11.1 Å². The number of ether oxygens (including phenoxy) is 3. The van der Waals surface area contributed by atoms with E-state index < -0.39 is 0 Å². The molecule has 0 spiro atoms. The molecule has 2 aromatic rings. The summed E-state index contributed by atoms with van der Waals surface area (Å²) in [6.45, 7) is 18.4. The van der Waals surface area contributed by atoms with Gasteiger partial charge in [-0.25, -0.2) is 0 Å². The maximum atomic E-state index is 12.7. The third-order valence-corrected chi connectivity index (χ3v) is 4.25. The van der Waals surface area contributed by atoms with Crippen LogP contribution in [0.25, 0.3) is 6.08 Å². The minimum absolute atomic E-state index is 0.0835. The molecule has 32 heavy (non-hydrogen) atoms. The molecule has 0 unspecified atom stereocenters. The van der Waals surface area contributed by atoms with Crippen molar-refractivity contribution >= 4 is 11.9 Å². The Bertz CT molecular complexity index is 917. The van der Waals surface area contributed by atoms with Crippen LogP contribution in [0.2, 0.25) is 0 Å². The van der Waals surface area contributed by atoms with Gasteiger partial charge in [-0.2, -0.15) is 0 Å². The molecule has 0 aliphatic carbocycles. The summed E-state index contributed by atoms with van der Waals surface area (Å²) in [6.07, 6.45) is 5.82. The van der Waals surface area contributed by atoms with Crippen molar-refractivity contribution in [3.8, 4) is 17.2 Å². The number of carbonyl (C=O) groups excluding carboxylic acids is 1. The molecule has 0 aliphatic heterocycles. The second kappa shape index (κ2) is 10.5. The number of hydrogen-bond acceptors (Lipinski definition) is 4. The first-order valence-corrected chi connectivity index (χ1v) is 11.0. The molecule has 172 valence electrons. The van der Waals surface area contributed by atoms with Crippen molar-refractivity contribution in [1.29, 1.82) is 0 Å². The van der Waals surface area contributed by atoms with E-state index in [4.69, 9.17) is 14.2 Å². The van der Waals surface area contributed by atoms with Crippen LogP contribution in [-0.4, -0.2) is 23.6 Å². The summed E-state index contributed by atoms with van der Waals surface area (Å²) in [4.78, 5) is 12.7. The van der Waals surface area contributed by atoms with E-state index in [9.17, 15) is 4.79 Å².